The minimum Gasteiger partial charge on any atom is -0.447 e. The molecule has 1 aromatic carbocycles. The highest BCUT2D eigenvalue weighted by molar-refractivity contribution is 6.04. The van der Waals surface area contributed by atoms with Crippen LogP contribution in [0.1, 0.15) is 66.4 Å². The van der Waals surface area contributed by atoms with Crippen LogP contribution in [0.5, 0.6) is 0 Å². The molecule has 184 valence electrons. The number of allylic oxidation sites excluding steroid dienone is 1. The topological polar surface area (TPSA) is 76.1 Å². The van der Waals surface area contributed by atoms with Crippen molar-refractivity contribution < 1.29 is 24.2 Å². The predicted octanol–water partition coefficient (Wildman–Crippen LogP) is 5.13. The monoisotopic (exact) mass is 466 g/mol. The molecule has 0 spiro atoms. The molecule has 0 radical (unpaired) electrons. The molecule has 2 fully saturated rings. The normalized spacial score (nSPS) is 41.1. The summed E-state index contributed by atoms with van der Waals surface area (Å²) in [4.78, 5) is 27.1. The summed E-state index contributed by atoms with van der Waals surface area (Å²) in [6, 6.07) is 9.48. The molecular weight excluding hydrogens is 428 g/mol. The van der Waals surface area contributed by atoms with Gasteiger partial charge in [0.1, 0.15) is 0 Å². The van der Waals surface area contributed by atoms with Gasteiger partial charge in [0.25, 0.3) is 0 Å². The Morgan fingerprint density at radius 1 is 1.15 bits per heavy atom. The number of carbonyl (C=O) groups is 2. The molecule has 2 aliphatic carbocycles. The Bertz CT molecular complexity index is 1010. The average molecular weight is 467 g/mol. The third-order valence-electron chi connectivity index (χ3n) is 8.62. The summed E-state index contributed by atoms with van der Waals surface area (Å²) in [5, 5.41) is 11.2. The summed E-state index contributed by atoms with van der Waals surface area (Å²) in [6.45, 7) is 12.3. The van der Waals surface area contributed by atoms with Crippen LogP contribution < -0.4 is 0 Å². The van der Waals surface area contributed by atoms with Gasteiger partial charge in [-0.2, -0.15) is 0 Å². The van der Waals surface area contributed by atoms with E-state index in [1.807, 2.05) is 50.3 Å². The summed E-state index contributed by atoms with van der Waals surface area (Å²) in [5.41, 5.74) is -0.464. The van der Waals surface area contributed by atoms with Gasteiger partial charge in [-0.3, -0.25) is 4.79 Å². The number of aliphatic hydroxyl groups excluding tert-OH is 1. The number of hydrogen-bond acceptors (Lipinski definition) is 5. The van der Waals surface area contributed by atoms with Crippen molar-refractivity contribution in [2.45, 2.75) is 84.2 Å². The Labute approximate surface area is 203 Å². The maximum Gasteiger partial charge on any atom is 0.331 e. The smallest absolute Gasteiger partial charge is 0.331 e. The minimum atomic E-state index is -1.45. The predicted molar refractivity (Wildman–Crippen MR) is 132 cm³/mol. The number of benzene rings is 1. The van der Waals surface area contributed by atoms with Crippen molar-refractivity contribution >= 4 is 17.8 Å². The summed E-state index contributed by atoms with van der Waals surface area (Å²) < 4.78 is 12.3. The van der Waals surface area contributed by atoms with E-state index in [-0.39, 0.29) is 35.6 Å². The van der Waals surface area contributed by atoms with Gasteiger partial charge in [0, 0.05) is 12.5 Å². The van der Waals surface area contributed by atoms with Crippen LogP contribution in [0.15, 0.2) is 48.1 Å². The zero-order valence-electron chi connectivity index (χ0n) is 21.2. The number of ether oxygens (including phenoxy) is 2. The molecule has 5 nitrogen and oxygen atoms in total. The molecule has 1 N–H and O–H groups in total. The highest BCUT2D eigenvalue weighted by Gasteiger charge is 2.70. The standard InChI is InChI=1S/C29H38O5/c1-18-16-20(3)27(4,5)14-15-28(6)26(34-28)23-24(31)19(2)17-29(23,25(18)32)33-22(30)13-12-21-10-8-7-9-11-21/h7-13,16,19-20,23-24,26,31H,14-15,17H2,1-6H3/b13-12+,18-16+/t19-,20-,23?,24-,26?,28+,29?/m0/s1. The molecule has 0 aromatic heterocycles. The van der Waals surface area contributed by atoms with Crippen molar-refractivity contribution in [3.63, 3.8) is 0 Å². The molecule has 4 rings (SSSR count). The zero-order valence-corrected chi connectivity index (χ0v) is 21.2. The fraction of sp³-hybridized carbons (Fsp3) is 0.586. The molecule has 3 unspecified atom stereocenters. The molecule has 1 saturated heterocycles. The second-order valence-corrected chi connectivity index (χ2v) is 11.6. The molecule has 5 heteroatoms. The van der Waals surface area contributed by atoms with Crippen LogP contribution in [-0.2, 0) is 19.1 Å². The minimum absolute atomic E-state index is 0.0192. The maximum atomic E-state index is 14.1. The van der Waals surface area contributed by atoms with Crippen LogP contribution in [0.4, 0.5) is 0 Å². The van der Waals surface area contributed by atoms with E-state index in [0.29, 0.717) is 5.57 Å². The Hall–Kier alpha value is -2.24. The van der Waals surface area contributed by atoms with Gasteiger partial charge in [-0.15, -0.1) is 0 Å². The van der Waals surface area contributed by atoms with Crippen molar-refractivity contribution in [3.8, 4) is 0 Å². The van der Waals surface area contributed by atoms with Gasteiger partial charge in [-0.25, -0.2) is 4.79 Å². The Morgan fingerprint density at radius 3 is 2.50 bits per heavy atom. The summed E-state index contributed by atoms with van der Waals surface area (Å²) in [6.07, 6.45) is 5.98. The highest BCUT2D eigenvalue weighted by atomic mass is 16.6. The fourth-order valence-corrected chi connectivity index (χ4v) is 5.85. The number of aliphatic hydroxyl groups is 1. The Balaban J connectivity index is 1.75. The van der Waals surface area contributed by atoms with Crippen molar-refractivity contribution in [2.75, 3.05) is 0 Å². The zero-order chi connectivity index (χ0) is 24.9. The van der Waals surface area contributed by atoms with Gasteiger partial charge in [0.05, 0.1) is 23.7 Å². The van der Waals surface area contributed by atoms with E-state index in [1.165, 1.54) is 6.08 Å². The van der Waals surface area contributed by atoms with Crippen LogP contribution in [0.3, 0.4) is 0 Å². The number of ketones is 1. The maximum absolute atomic E-state index is 14.1. The first-order chi connectivity index (χ1) is 15.9. The second-order valence-electron chi connectivity index (χ2n) is 11.6. The summed E-state index contributed by atoms with van der Waals surface area (Å²) in [5.74, 6) is -1.44. The first-order valence-electron chi connectivity index (χ1n) is 12.4. The molecule has 0 bridgehead atoms. The number of esters is 1. The van der Waals surface area contributed by atoms with E-state index >= 15 is 0 Å². The van der Waals surface area contributed by atoms with E-state index in [0.717, 1.165) is 18.4 Å². The van der Waals surface area contributed by atoms with Gasteiger partial charge in [0.15, 0.2) is 5.60 Å². The van der Waals surface area contributed by atoms with Gasteiger partial charge < -0.3 is 14.6 Å². The third-order valence-corrected chi connectivity index (χ3v) is 8.62. The molecule has 34 heavy (non-hydrogen) atoms. The van der Waals surface area contributed by atoms with Crippen molar-refractivity contribution in [1.29, 1.82) is 0 Å². The number of Topliss-reactive ketones (excluding diaryl/α,β-unsaturated/α-hetero) is 1. The Morgan fingerprint density at radius 2 is 1.82 bits per heavy atom. The first-order valence-corrected chi connectivity index (χ1v) is 12.4. The van der Waals surface area contributed by atoms with Crippen molar-refractivity contribution in [2.24, 2.45) is 23.2 Å². The van der Waals surface area contributed by atoms with Crippen LogP contribution in [0, 0.1) is 23.2 Å². The van der Waals surface area contributed by atoms with Gasteiger partial charge in [-0.1, -0.05) is 64.1 Å². The van der Waals surface area contributed by atoms with E-state index in [9.17, 15) is 14.7 Å². The molecule has 7 atom stereocenters. The lowest BCUT2D eigenvalue weighted by atomic mass is 9.74. The summed E-state index contributed by atoms with van der Waals surface area (Å²) in [7, 11) is 0. The number of carbonyl (C=O) groups excluding carboxylic acids is 2. The van der Waals surface area contributed by atoms with Crippen LogP contribution >= 0.6 is 0 Å². The van der Waals surface area contributed by atoms with Gasteiger partial charge >= 0.3 is 5.97 Å². The summed E-state index contributed by atoms with van der Waals surface area (Å²) >= 11 is 0. The van der Waals surface area contributed by atoms with E-state index in [4.69, 9.17) is 9.47 Å². The van der Waals surface area contributed by atoms with Crippen LogP contribution in [0.2, 0.25) is 0 Å². The lowest BCUT2D eigenvalue weighted by Crippen LogP contribution is -2.52. The number of rotatable bonds is 3. The van der Waals surface area contributed by atoms with E-state index < -0.39 is 29.2 Å². The largest absolute Gasteiger partial charge is 0.447 e. The Kier molecular flexibility index (Phi) is 6.41. The van der Waals surface area contributed by atoms with Gasteiger partial charge in [-0.05, 0) is 61.2 Å². The molecule has 0 amide bonds. The molecule has 1 heterocycles. The first kappa shape index (κ1) is 24.9. The average Bonchev–Trinajstić information content (AvgIpc) is 3.38. The molecule has 1 aliphatic heterocycles. The quantitative estimate of drug-likeness (QED) is 0.380. The molecule has 1 aromatic rings. The fourth-order valence-electron chi connectivity index (χ4n) is 5.85. The molecular formula is C29H38O5. The van der Waals surface area contributed by atoms with Gasteiger partial charge in [0.2, 0.25) is 5.78 Å². The number of epoxide rings is 1. The molecule has 3 aliphatic rings. The highest BCUT2D eigenvalue weighted by Crippen LogP contribution is 2.57. The number of fused-ring (bicyclic) bond motifs is 3. The van der Waals surface area contributed by atoms with Crippen molar-refractivity contribution in [1.82, 2.24) is 0 Å². The second kappa shape index (κ2) is 8.76. The number of hydrogen-bond donors (Lipinski definition) is 1. The van der Waals surface area contributed by atoms with Crippen LogP contribution in [-0.4, -0.2) is 40.3 Å². The lowest BCUT2D eigenvalue weighted by Gasteiger charge is -2.34. The molecule has 1 saturated carbocycles. The van der Waals surface area contributed by atoms with E-state index in [1.54, 1.807) is 6.08 Å². The van der Waals surface area contributed by atoms with Crippen LogP contribution in [0.25, 0.3) is 6.08 Å². The van der Waals surface area contributed by atoms with E-state index in [2.05, 4.69) is 27.7 Å². The van der Waals surface area contributed by atoms with Crippen molar-refractivity contribution in [3.05, 3.63) is 53.6 Å². The lowest BCUT2D eigenvalue weighted by molar-refractivity contribution is -0.168. The SMILES string of the molecule is C/C1=C\[C@H](C)C(C)(C)CC[C@@]2(C)OC2C2[C@@H](O)[C@@H](C)CC2(OC(=O)/C=C/c2ccccc2)C1=O. The third kappa shape index (κ3) is 4.40.